The molecule has 0 radical (unpaired) electrons. The summed E-state index contributed by atoms with van der Waals surface area (Å²) in [5.74, 6) is -0.247. The standard InChI is InChI=1S/C14H15FN2O3/c15-13-5-4-11(17(19)20)8-14(13)16-9-2-1-3-10(16)7-12(18)6-9/h4-5,8-10H,1-3,6-7H2. The molecule has 1 aromatic rings. The highest BCUT2D eigenvalue weighted by Crippen LogP contribution is 2.38. The molecule has 2 fully saturated rings. The molecule has 2 saturated heterocycles. The van der Waals surface area contributed by atoms with Crippen LogP contribution in [0.25, 0.3) is 0 Å². The van der Waals surface area contributed by atoms with Crippen LogP contribution in [0.5, 0.6) is 0 Å². The van der Waals surface area contributed by atoms with Crippen LogP contribution in [0, 0.1) is 15.9 Å². The predicted octanol–water partition coefficient (Wildman–Crippen LogP) is 2.82. The van der Waals surface area contributed by atoms with Gasteiger partial charge in [-0.05, 0) is 25.3 Å². The molecule has 0 aromatic heterocycles. The number of rotatable bonds is 2. The number of non-ortho nitro benzene ring substituents is 1. The Bertz CT molecular complexity index is 560. The van der Waals surface area contributed by atoms with Crippen LogP contribution < -0.4 is 4.90 Å². The highest BCUT2D eigenvalue weighted by Gasteiger charge is 2.39. The minimum absolute atomic E-state index is 0.0218. The number of piperidine rings is 2. The van der Waals surface area contributed by atoms with Gasteiger partial charge in [-0.15, -0.1) is 0 Å². The van der Waals surface area contributed by atoms with E-state index in [2.05, 4.69) is 0 Å². The van der Waals surface area contributed by atoms with Gasteiger partial charge in [-0.1, -0.05) is 0 Å². The Morgan fingerprint density at radius 3 is 2.50 bits per heavy atom. The second kappa shape index (κ2) is 4.85. The highest BCUT2D eigenvalue weighted by atomic mass is 19.1. The summed E-state index contributed by atoms with van der Waals surface area (Å²) in [5.41, 5.74) is 0.151. The van der Waals surface area contributed by atoms with E-state index in [1.807, 2.05) is 4.90 Å². The van der Waals surface area contributed by atoms with E-state index in [-0.39, 0.29) is 29.2 Å². The van der Waals surface area contributed by atoms with E-state index in [4.69, 9.17) is 0 Å². The maximum Gasteiger partial charge on any atom is 0.271 e. The van der Waals surface area contributed by atoms with Crippen molar-refractivity contribution in [1.82, 2.24) is 0 Å². The van der Waals surface area contributed by atoms with Gasteiger partial charge in [0.25, 0.3) is 5.69 Å². The zero-order chi connectivity index (χ0) is 14.3. The van der Waals surface area contributed by atoms with Crippen LogP contribution in [0.1, 0.15) is 32.1 Å². The van der Waals surface area contributed by atoms with Crippen molar-refractivity contribution in [3.63, 3.8) is 0 Å². The van der Waals surface area contributed by atoms with Crippen molar-refractivity contribution in [2.45, 2.75) is 44.2 Å². The number of Topliss-reactive ketones (excluding diaryl/α,β-unsaturated/α-hetero) is 1. The largest absolute Gasteiger partial charge is 0.362 e. The minimum atomic E-state index is -0.520. The lowest BCUT2D eigenvalue weighted by molar-refractivity contribution is -0.384. The zero-order valence-electron chi connectivity index (χ0n) is 10.9. The van der Waals surface area contributed by atoms with Gasteiger partial charge < -0.3 is 4.90 Å². The van der Waals surface area contributed by atoms with E-state index in [1.54, 1.807) is 0 Å². The Labute approximate surface area is 115 Å². The first kappa shape index (κ1) is 13.0. The molecule has 0 N–H and O–H groups in total. The molecular weight excluding hydrogens is 263 g/mol. The van der Waals surface area contributed by atoms with Crippen LogP contribution in [0.4, 0.5) is 15.8 Å². The summed E-state index contributed by atoms with van der Waals surface area (Å²) in [6.45, 7) is 0. The quantitative estimate of drug-likeness (QED) is 0.616. The zero-order valence-corrected chi connectivity index (χ0v) is 10.9. The van der Waals surface area contributed by atoms with Gasteiger partial charge in [-0.3, -0.25) is 14.9 Å². The first-order valence-electron chi connectivity index (χ1n) is 6.80. The van der Waals surface area contributed by atoms with E-state index in [1.165, 1.54) is 12.1 Å². The second-order valence-corrected chi connectivity index (χ2v) is 5.49. The third kappa shape index (κ3) is 2.15. The Morgan fingerprint density at radius 2 is 1.90 bits per heavy atom. The number of nitro groups is 1. The minimum Gasteiger partial charge on any atom is -0.362 e. The van der Waals surface area contributed by atoms with Crippen LogP contribution in [0.3, 0.4) is 0 Å². The van der Waals surface area contributed by atoms with Crippen LogP contribution in [-0.4, -0.2) is 22.8 Å². The number of fused-ring (bicyclic) bond motifs is 2. The Hall–Kier alpha value is -1.98. The molecule has 0 spiro atoms. The highest BCUT2D eigenvalue weighted by molar-refractivity contribution is 5.83. The lowest BCUT2D eigenvalue weighted by atomic mass is 9.83. The van der Waals surface area contributed by atoms with Gasteiger partial charge in [0.2, 0.25) is 0 Å². The first-order valence-corrected chi connectivity index (χ1v) is 6.80. The van der Waals surface area contributed by atoms with Crippen molar-refractivity contribution in [3.05, 3.63) is 34.1 Å². The molecule has 2 bridgehead atoms. The van der Waals surface area contributed by atoms with Crippen LogP contribution in [0.15, 0.2) is 18.2 Å². The Kier molecular flexibility index (Phi) is 3.16. The maximum atomic E-state index is 14.1. The molecule has 0 saturated carbocycles. The van der Waals surface area contributed by atoms with Crippen LogP contribution in [-0.2, 0) is 4.79 Å². The van der Waals surface area contributed by atoms with Crippen LogP contribution >= 0.6 is 0 Å². The summed E-state index contributed by atoms with van der Waals surface area (Å²) < 4.78 is 14.1. The summed E-state index contributed by atoms with van der Waals surface area (Å²) in [5, 5.41) is 10.9. The molecule has 20 heavy (non-hydrogen) atoms. The average Bonchev–Trinajstić information content (AvgIpc) is 2.38. The number of nitro benzene ring substituents is 1. The van der Waals surface area contributed by atoms with Gasteiger partial charge in [0.15, 0.2) is 0 Å². The summed E-state index contributed by atoms with van der Waals surface area (Å²) in [7, 11) is 0. The molecule has 0 amide bonds. The van der Waals surface area contributed by atoms with Crippen molar-refractivity contribution in [3.8, 4) is 0 Å². The molecule has 5 nitrogen and oxygen atoms in total. The van der Waals surface area contributed by atoms with Crippen LogP contribution in [0.2, 0.25) is 0 Å². The van der Waals surface area contributed by atoms with Crippen molar-refractivity contribution in [2.75, 3.05) is 4.90 Å². The van der Waals surface area contributed by atoms with Gasteiger partial charge in [0.1, 0.15) is 11.6 Å². The number of hydrogen-bond donors (Lipinski definition) is 0. The molecule has 2 aliphatic heterocycles. The Balaban J connectivity index is 2.01. The molecule has 6 heteroatoms. The molecule has 106 valence electrons. The number of benzene rings is 1. The van der Waals surface area contributed by atoms with Gasteiger partial charge in [-0.2, -0.15) is 0 Å². The van der Waals surface area contributed by atoms with Gasteiger partial charge in [0.05, 0.1) is 10.6 Å². The van der Waals surface area contributed by atoms with E-state index in [0.717, 1.165) is 25.3 Å². The number of carbonyl (C=O) groups excluding carboxylic acids is 1. The molecule has 1 aromatic carbocycles. The number of hydrogen-bond acceptors (Lipinski definition) is 4. The third-order valence-corrected chi connectivity index (χ3v) is 4.21. The fourth-order valence-corrected chi connectivity index (χ4v) is 3.38. The molecule has 3 rings (SSSR count). The smallest absolute Gasteiger partial charge is 0.271 e. The Morgan fingerprint density at radius 1 is 1.25 bits per heavy atom. The topological polar surface area (TPSA) is 63.5 Å². The van der Waals surface area contributed by atoms with Gasteiger partial charge in [0, 0.05) is 37.1 Å². The molecule has 2 heterocycles. The van der Waals surface area contributed by atoms with Crippen molar-refractivity contribution >= 4 is 17.2 Å². The van der Waals surface area contributed by atoms with Gasteiger partial charge >= 0.3 is 0 Å². The van der Waals surface area contributed by atoms with E-state index in [0.29, 0.717) is 12.8 Å². The fourth-order valence-electron chi connectivity index (χ4n) is 3.38. The summed E-state index contributed by atoms with van der Waals surface area (Å²) in [6.07, 6.45) is 3.53. The first-order chi connectivity index (χ1) is 9.56. The van der Waals surface area contributed by atoms with E-state index < -0.39 is 10.7 Å². The second-order valence-electron chi connectivity index (χ2n) is 5.49. The lowest BCUT2D eigenvalue weighted by Gasteiger charge is -2.47. The lowest BCUT2D eigenvalue weighted by Crippen LogP contribution is -2.52. The molecule has 2 aliphatic rings. The summed E-state index contributed by atoms with van der Waals surface area (Å²) >= 11 is 0. The SMILES string of the molecule is O=C1CC2CCCC(C1)N2c1cc([N+](=O)[O-])ccc1F. The maximum absolute atomic E-state index is 14.1. The van der Waals surface area contributed by atoms with Crippen molar-refractivity contribution in [1.29, 1.82) is 0 Å². The fraction of sp³-hybridized carbons (Fsp3) is 0.500. The molecule has 0 aliphatic carbocycles. The average molecular weight is 278 g/mol. The summed E-state index contributed by atoms with van der Waals surface area (Å²) in [4.78, 5) is 23.9. The number of carbonyl (C=O) groups is 1. The molecular formula is C14H15FN2O3. The van der Waals surface area contributed by atoms with Crippen molar-refractivity contribution < 1.29 is 14.1 Å². The monoisotopic (exact) mass is 278 g/mol. The van der Waals surface area contributed by atoms with Gasteiger partial charge in [-0.25, -0.2) is 4.39 Å². The third-order valence-electron chi connectivity index (χ3n) is 4.21. The molecule has 2 atom stereocenters. The molecule has 2 unspecified atom stereocenters. The number of ketones is 1. The predicted molar refractivity (Wildman–Crippen MR) is 71.2 cm³/mol. The van der Waals surface area contributed by atoms with E-state index >= 15 is 0 Å². The number of halogens is 1. The number of nitrogens with zero attached hydrogens (tertiary/aromatic N) is 2. The number of anilines is 1. The van der Waals surface area contributed by atoms with E-state index in [9.17, 15) is 19.3 Å². The summed E-state index contributed by atoms with van der Waals surface area (Å²) in [6, 6.07) is 3.55. The van der Waals surface area contributed by atoms with Crippen molar-refractivity contribution in [2.24, 2.45) is 0 Å². The normalized spacial score (nSPS) is 25.6.